The number of ketones is 1. The van der Waals surface area contributed by atoms with Crippen LogP contribution in [0.3, 0.4) is 0 Å². The molecule has 0 spiro atoms. The Balaban J connectivity index is 2.21. The lowest BCUT2D eigenvalue weighted by atomic mass is 10.2. The molecule has 1 aromatic heterocycles. The second-order valence-electron chi connectivity index (χ2n) is 3.87. The molecule has 82 valence electrons. The van der Waals surface area contributed by atoms with Gasteiger partial charge in [-0.15, -0.1) is 11.3 Å². The minimum Gasteiger partial charge on any atom is -0.293 e. The molecule has 0 N–H and O–H groups in total. The van der Waals surface area contributed by atoms with Gasteiger partial charge in [0.25, 0.3) is 0 Å². The zero-order valence-electron chi connectivity index (χ0n) is 9.08. The molecule has 1 aromatic rings. The van der Waals surface area contributed by atoms with Crippen molar-refractivity contribution in [3.8, 4) is 0 Å². The number of Topliss-reactive ketones (excluding diaryl/α,β-unsaturated/α-hetero) is 1. The Morgan fingerprint density at radius 2 is 2.27 bits per heavy atom. The van der Waals surface area contributed by atoms with E-state index >= 15 is 0 Å². The van der Waals surface area contributed by atoms with Gasteiger partial charge in [-0.05, 0) is 25.5 Å². The summed E-state index contributed by atoms with van der Waals surface area (Å²) in [5.74, 6) is 1.33. The minimum absolute atomic E-state index is 0.0933. The Kier molecular flexibility index (Phi) is 3.46. The molecule has 1 unspecified atom stereocenters. The molecule has 1 aliphatic heterocycles. The molecular formula is C11H15NOS2. The summed E-state index contributed by atoms with van der Waals surface area (Å²) in [5, 5.41) is 1.69. The maximum Gasteiger partial charge on any atom is 0.179 e. The van der Waals surface area contributed by atoms with Crippen LogP contribution in [-0.2, 0) is 0 Å². The van der Waals surface area contributed by atoms with E-state index in [1.807, 2.05) is 18.7 Å². The largest absolute Gasteiger partial charge is 0.293 e. The van der Waals surface area contributed by atoms with Crippen molar-refractivity contribution in [2.75, 3.05) is 5.75 Å². The van der Waals surface area contributed by atoms with Gasteiger partial charge in [0, 0.05) is 11.8 Å². The number of aryl methyl sites for hydroxylation is 1. The van der Waals surface area contributed by atoms with Gasteiger partial charge in [0.05, 0.1) is 5.25 Å². The molecule has 1 fully saturated rings. The van der Waals surface area contributed by atoms with Crippen molar-refractivity contribution >= 4 is 28.9 Å². The fraction of sp³-hybridized carbons (Fsp3) is 0.636. The Hall–Kier alpha value is -0.350. The van der Waals surface area contributed by atoms with E-state index in [-0.39, 0.29) is 5.78 Å². The number of hydrogen-bond acceptors (Lipinski definition) is 4. The van der Waals surface area contributed by atoms with Gasteiger partial charge in [-0.25, -0.2) is 4.98 Å². The predicted molar refractivity (Wildman–Crippen MR) is 65.9 cm³/mol. The van der Waals surface area contributed by atoms with Gasteiger partial charge in [-0.3, -0.25) is 4.79 Å². The fourth-order valence-corrected chi connectivity index (χ4v) is 4.34. The molecule has 1 atom stereocenters. The molecule has 2 heterocycles. The first-order valence-corrected chi connectivity index (χ1v) is 7.15. The van der Waals surface area contributed by atoms with Crippen LogP contribution in [0.4, 0.5) is 0 Å². The van der Waals surface area contributed by atoms with E-state index in [4.69, 9.17) is 0 Å². The molecule has 0 bridgehead atoms. The lowest BCUT2D eigenvalue weighted by Gasteiger charge is -2.18. The Labute approximate surface area is 98.5 Å². The van der Waals surface area contributed by atoms with Gasteiger partial charge in [-0.2, -0.15) is 11.8 Å². The third-order valence-electron chi connectivity index (χ3n) is 2.60. The highest BCUT2D eigenvalue weighted by atomic mass is 32.2. The monoisotopic (exact) mass is 241 g/mol. The number of carbonyl (C=O) groups is 1. The molecule has 1 aliphatic rings. The Bertz CT molecular complexity index is 367. The lowest BCUT2D eigenvalue weighted by Crippen LogP contribution is -2.02. The molecule has 0 saturated carbocycles. The average molecular weight is 241 g/mol. The lowest BCUT2D eigenvalue weighted by molar-refractivity contribution is 0.101. The average Bonchev–Trinajstić information content (AvgIpc) is 2.62. The van der Waals surface area contributed by atoms with Crippen LogP contribution in [0.25, 0.3) is 0 Å². The summed E-state index contributed by atoms with van der Waals surface area (Å²) < 4.78 is 0. The topological polar surface area (TPSA) is 30.0 Å². The zero-order chi connectivity index (χ0) is 10.8. The number of thioether (sulfide) groups is 1. The summed E-state index contributed by atoms with van der Waals surface area (Å²) in [6.07, 6.45) is 3.84. The number of hydrogen-bond donors (Lipinski definition) is 0. The fourth-order valence-electron chi connectivity index (χ4n) is 1.82. The number of rotatable bonds is 2. The van der Waals surface area contributed by atoms with Crippen molar-refractivity contribution < 1.29 is 4.79 Å². The number of thiazole rings is 1. The van der Waals surface area contributed by atoms with E-state index in [1.54, 1.807) is 18.3 Å². The summed E-state index contributed by atoms with van der Waals surface area (Å²) in [4.78, 5) is 16.9. The highest BCUT2D eigenvalue weighted by Gasteiger charge is 2.21. The molecule has 4 heteroatoms. The van der Waals surface area contributed by atoms with Crippen LogP contribution in [0.15, 0.2) is 0 Å². The molecule has 0 aromatic carbocycles. The van der Waals surface area contributed by atoms with Crippen molar-refractivity contribution in [1.82, 2.24) is 4.98 Å². The van der Waals surface area contributed by atoms with Gasteiger partial charge in [0.15, 0.2) is 5.78 Å². The molecule has 2 rings (SSSR count). The molecular weight excluding hydrogens is 226 g/mol. The highest BCUT2D eigenvalue weighted by molar-refractivity contribution is 7.99. The zero-order valence-corrected chi connectivity index (χ0v) is 10.7. The normalized spacial score (nSPS) is 21.6. The van der Waals surface area contributed by atoms with Crippen LogP contribution in [-0.4, -0.2) is 16.5 Å². The van der Waals surface area contributed by atoms with Crippen LogP contribution >= 0.6 is 23.1 Å². The van der Waals surface area contributed by atoms with E-state index in [9.17, 15) is 4.79 Å². The highest BCUT2D eigenvalue weighted by Crippen LogP contribution is 2.40. The maximum absolute atomic E-state index is 11.3. The third kappa shape index (κ3) is 2.42. The molecule has 15 heavy (non-hydrogen) atoms. The molecule has 1 saturated heterocycles. The SMILES string of the molecule is CC(=O)c1nc(C2CCCCS2)sc1C. The Morgan fingerprint density at radius 3 is 2.80 bits per heavy atom. The van der Waals surface area contributed by atoms with Crippen LogP contribution in [0.1, 0.15) is 51.8 Å². The van der Waals surface area contributed by atoms with E-state index in [2.05, 4.69) is 4.98 Å². The quantitative estimate of drug-likeness (QED) is 0.741. The number of aromatic nitrogens is 1. The summed E-state index contributed by atoms with van der Waals surface area (Å²) in [6.45, 7) is 3.59. The van der Waals surface area contributed by atoms with Crippen LogP contribution < -0.4 is 0 Å². The molecule has 0 radical (unpaired) electrons. The number of carbonyl (C=O) groups excluding carboxylic acids is 1. The number of nitrogens with zero attached hydrogens (tertiary/aromatic N) is 1. The van der Waals surface area contributed by atoms with E-state index in [1.165, 1.54) is 25.0 Å². The van der Waals surface area contributed by atoms with E-state index < -0.39 is 0 Å². The first kappa shape index (κ1) is 11.1. The van der Waals surface area contributed by atoms with Crippen LogP contribution in [0.2, 0.25) is 0 Å². The van der Waals surface area contributed by atoms with Gasteiger partial charge in [-0.1, -0.05) is 6.42 Å². The van der Waals surface area contributed by atoms with Crippen LogP contribution in [0.5, 0.6) is 0 Å². The van der Waals surface area contributed by atoms with E-state index in [0.717, 1.165) is 9.88 Å². The first-order chi connectivity index (χ1) is 7.18. The van der Waals surface area contributed by atoms with Crippen molar-refractivity contribution in [3.63, 3.8) is 0 Å². The van der Waals surface area contributed by atoms with Crippen molar-refractivity contribution in [1.29, 1.82) is 0 Å². The molecule has 0 aliphatic carbocycles. The maximum atomic E-state index is 11.3. The summed E-state index contributed by atoms with van der Waals surface area (Å²) in [5.41, 5.74) is 0.682. The van der Waals surface area contributed by atoms with Crippen LogP contribution in [0, 0.1) is 6.92 Å². The van der Waals surface area contributed by atoms with E-state index in [0.29, 0.717) is 10.9 Å². The second kappa shape index (κ2) is 4.66. The van der Waals surface area contributed by atoms with Crippen molar-refractivity contribution in [2.45, 2.75) is 38.4 Å². The van der Waals surface area contributed by atoms with Crippen molar-refractivity contribution in [3.05, 3.63) is 15.6 Å². The van der Waals surface area contributed by atoms with Crippen molar-refractivity contribution in [2.24, 2.45) is 0 Å². The summed E-state index contributed by atoms with van der Waals surface area (Å²) in [6, 6.07) is 0. The molecule has 2 nitrogen and oxygen atoms in total. The van der Waals surface area contributed by atoms with Gasteiger partial charge in [0.2, 0.25) is 0 Å². The summed E-state index contributed by atoms with van der Waals surface area (Å²) >= 11 is 3.68. The van der Waals surface area contributed by atoms with Gasteiger partial charge < -0.3 is 0 Å². The van der Waals surface area contributed by atoms with Gasteiger partial charge in [0.1, 0.15) is 10.7 Å². The summed E-state index contributed by atoms with van der Waals surface area (Å²) in [7, 11) is 0. The minimum atomic E-state index is 0.0933. The first-order valence-electron chi connectivity index (χ1n) is 5.28. The third-order valence-corrected chi connectivity index (χ3v) is 5.22. The molecule has 0 amide bonds. The predicted octanol–water partition coefficient (Wildman–Crippen LogP) is 3.61. The smallest absolute Gasteiger partial charge is 0.179 e. The second-order valence-corrected chi connectivity index (χ2v) is 6.41. The van der Waals surface area contributed by atoms with Gasteiger partial charge >= 0.3 is 0 Å². The standard InChI is InChI=1S/C11H15NOS2/c1-7(13)10-8(2)15-11(12-10)9-5-3-4-6-14-9/h9H,3-6H2,1-2H3. The Morgan fingerprint density at radius 1 is 1.47 bits per heavy atom.